The molecular formula is C42H60Cl4N2O5. The Bertz CT molecular complexity index is 1690. The van der Waals surface area contributed by atoms with Crippen LogP contribution in [0.2, 0.25) is 20.1 Å². The normalized spacial score (nSPS) is 23.6. The van der Waals surface area contributed by atoms with Crippen molar-refractivity contribution in [2.75, 3.05) is 6.61 Å². The Morgan fingerprint density at radius 2 is 1.32 bits per heavy atom. The average Bonchev–Trinajstić information content (AvgIpc) is 3.33. The van der Waals surface area contributed by atoms with E-state index in [1.54, 1.807) is 19.1 Å². The van der Waals surface area contributed by atoms with Crippen molar-refractivity contribution in [3.63, 3.8) is 0 Å². The van der Waals surface area contributed by atoms with Gasteiger partial charge in [0.15, 0.2) is 0 Å². The molecule has 2 fully saturated rings. The molecule has 0 aromatic heterocycles. The van der Waals surface area contributed by atoms with Gasteiger partial charge in [0.2, 0.25) is 5.91 Å². The molecule has 2 saturated carbocycles. The molecule has 2 aliphatic carbocycles. The van der Waals surface area contributed by atoms with Gasteiger partial charge >= 0.3 is 5.97 Å². The fourth-order valence-corrected chi connectivity index (χ4v) is 9.00. The predicted octanol–water partition coefficient (Wildman–Crippen LogP) is 11.8. The van der Waals surface area contributed by atoms with Gasteiger partial charge in [0.25, 0.3) is 5.91 Å². The van der Waals surface area contributed by atoms with Gasteiger partial charge in [0, 0.05) is 0 Å². The van der Waals surface area contributed by atoms with E-state index in [1.165, 1.54) is 0 Å². The van der Waals surface area contributed by atoms with E-state index in [-0.39, 0.29) is 44.8 Å². The summed E-state index contributed by atoms with van der Waals surface area (Å²) in [6.07, 6.45) is 9.08. The van der Waals surface area contributed by atoms with E-state index in [4.69, 9.17) is 51.1 Å². The first kappa shape index (κ1) is 46.7. The van der Waals surface area contributed by atoms with Crippen LogP contribution in [0.1, 0.15) is 133 Å². The molecule has 2 aromatic carbocycles. The van der Waals surface area contributed by atoms with Gasteiger partial charge in [-0.05, 0) is 143 Å². The number of nitrogens with one attached hydrogen (secondary N) is 2. The van der Waals surface area contributed by atoms with E-state index < -0.39 is 11.1 Å². The van der Waals surface area contributed by atoms with Gasteiger partial charge in [-0.15, -0.1) is 0 Å². The third-order valence-electron chi connectivity index (χ3n) is 11.4. The largest absolute Gasteiger partial charge is 0.509 e. The van der Waals surface area contributed by atoms with Crippen LogP contribution >= 0.6 is 46.4 Å². The molecule has 3 N–H and O–H groups in total. The lowest BCUT2D eigenvalue weighted by Crippen LogP contribution is -2.57. The molecule has 2 aromatic rings. The van der Waals surface area contributed by atoms with Crippen molar-refractivity contribution in [3.05, 3.63) is 71.4 Å². The molecule has 2 amide bonds. The summed E-state index contributed by atoms with van der Waals surface area (Å²) in [6, 6.07) is 3.52. The minimum atomic E-state index is -0.920. The summed E-state index contributed by atoms with van der Waals surface area (Å²) in [4.78, 5) is 38.2. The number of amides is 2. The predicted molar refractivity (Wildman–Crippen MR) is 221 cm³/mol. The van der Waals surface area contributed by atoms with Gasteiger partial charge < -0.3 is 20.5 Å². The van der Waals surface area contributed by atoms with Crippen molar-refractivity contribution in [3.8, 4) is 0 Å². The maximum atomic E-state index is 12.9. The van der Waals surface area contributed by atoms with E-state index in [1.807, 2.05) is 27.7 Å². The lowest BCUT2D eigenvalue weighted by molar-refractivity contribution is -0.155. The first-order valence-electron chi connectivity index (χ1n) is 18.2. The monoisotopic (exact) mass is 812 g/mol. The molecule has 0 bridgehead atoms. The number of halogens is 4. The minimum absolute atomic E-state index is 0. The molecule has 1 aliphatic heterocycles. The number of hydrogen-bond acceptors (Lipinski definition) is 5. The smallest absolute Gasteiger partial charge is 0.331 e. The first-order valence-corrected chi connectivity index (χ1v) is 19.7. The molecule has 0 radical (unpaired) electrons. The Morgan fingerprint density at radius 3 is 1.83 bits per heavy atom. The van der Waals surface area contributed by atoms with E-state index in [9.17, 15) is 19.5 Å². The number of esters is 1. The topological polar surface area (TPSA) is 105 Å². The molecule has 1 spiro atoms. The highest BCUT2D eigenvalue weighted by atomic mass is 35.5. The Labute approximate surface area is 337 Å². The number of benzene rings is 2. The Hall–Kier alpha value is -2.45. The van der Waals surface area contributed by atoms with E-state index >= 15 is 0 Å². The zero-order chi connectivity index (χ0) is 37.8. The van der Waals surface area contributed by atoms with Crippen LogP contribution in [0.25, 0.3) is 5.57 Å². The van der Waals surface area contributed by atoms with Crippen LogP contribution in [0.3, 0.4) is 0 Å². The average molecular weight is 815 g/mol. The maximum Gasteiger partial charge on any atom is 0.331 e. The van der Waals surface area contributed by atoms with Gasteiger partial charge in [0.1, 0.15) is 11.3 Å². The van der Waals surface area contributed by atoms with E-state index in [0.29, 0.717) is 62.5 Å². The Kier molecular flexibility index (Phi) is 17.1. The summed E-state index contributed by atoms with van der Waals surface area (Å²) in [5, 5.41) is 18.9. The Balaban J connectivity index is 0.000000355. The minimum Gasteiger partial charge on any atom is -0.509 e. The number of aryl methyl sites for hydroxylation is 2. The number of carbonyl (C=O) groups excluding carboxylic acids is 3. The zero-order valence-corrected chi connectivity index (χ0v) is 33.9. The highest BCUT2D eigenvalue weighted by Crippen LogP contribution is 2.46. The number of rotatable bonds is 8. The third kappa shape index (κ3) is 9.87. The molecule has 296 valence electrons. The summed E-state index contributed by atoms with van der Waals surface area (Å²) in [6.45, 7) is 13.9. The van der Waals surface area contributed by atoms with Crippen LogP contribution in [0.5, 0.6) is 0 Å². The zero-order valence-electron chi connectivity index (χ0n) is 30.9. The van der Waals surface area contributed by atoms with Crippen LogP contribution in [-0.2, 0) is 25.5 Å². The highest BCUT2D eigenvalue weighted by Gasteiger charge is 2.48. The number of aliphatic hydroxyl groups is 1. The van der Waals surface area contributed by atoms with E-state index in [0.717, 1.165) is 79.2 Å². The fraction of sp³-hybridized carbons (Fsp3) is 0.595. The highest BCUT2D eigenvalue weighted by molar-refractivity contribution is 6.43. The molecule has 5 rings (SSSR count). The fourth-order valence-electron chi connectivity index (χ4n) is 8.07. The molecule has 11 heteroatoms. The maximum absolute atomic E-state index is 12.9. The van der Waals surface area contributed by atoms with Crippen LogP contribution < -0.4 is 10.6 Å². The second kappa shape index (κ2) is 19.4. The van der Waals surface area contributed by atoms with Crippen molar-refractivity contribution in [2.24, 2.45) is 11.8 Å². The molecule has 0 saturated heterocycles. The van der Waals surface area contributed by atoms with Gasteiger partial charge in [0.05, 0.1) is 44.2 Å². The van der Waals surface area contributed by atoms with Crippen LogP contribution in [0.15, 0.2) is 17.9 Å². The summed E-state index contributed by atoms with van der Waals surface area (Å²) in [7, 11) is 0. The van der Waals surface area contributed by atoms with Gasteiger partial charge in [-0.2, -0.15) is 0 Å². The van der Waals surface area contributed by atoms with Gasteiger partial charge in [-0.3, -0.25) is 9.59 Å². The van der Waals surface area contributed by atoms with Crippen LogP contribution in [0.4, 0.5) is 0 Å². The van der Waals surface area contributed by atoms with Gasteiger partial charge in [-0.25, -0.2) is 4.79 Å². The van der Waals surface area contributed by atoms with Crippen LogP contribution in [0, 0.1) is 39.5 Å². The number of ether oxygens (including phenoxy) is 1. The molecular weight excluding hydrogens is 754 g/mol. The van der Waals surface area contributed by atoms with Crippen molar-refractivity contribution >= 4 is 69.8 Å². The van der Waals surface area contributed by atoms with Gasteiger partial charge in [-0.1, -0.05) is 87.9 Å². The van der Waals surface area contributed by atoms with Crippen LogP contribution in [-0.4, -0.2) is 40.6 Å². The number of carbonyl (C=O) groups is 3. The van der Waals surface area contributed by atoms with Crippen molar-refractivity contribution in [1.82, 2.24) is 10.6 Å². The molecule has 7 nitrogen and oxygen atoms in total. The lowest BCUT2D eigenvalue weighted by Gasteiger charge is -2.38. The van der Waals surface area contributed by atoms with Crippen molar-refractivity contribution in [1.29, 1.82) is 0 Å². The molecule has 53 heavy (non-hydrogen) atoms. The third-order valence-corrected chi connectivity index (χ3v) is 13.2. The Morgan fingerprint density at radius 1 is 0.830 bits per heavy atom. The SMILES string of the molecule is C.C.CCC1CCC2(CC1)NC(=O)C(c1c(C)cc(Cl)c(Cl)c1C)=C2O.CCOC(=O)C1(NC(=O)Cc2c(C)cc(Cl)c(Cl)c2C)CCC(CC)CC1. The van der Waals surface area contributed by atoms with Crippen molar-refractivity contribution < 1.29 is 24.2 Å². The number of hydrogen-bond donors (Lipinski definition) is 3. The summed E-state index contributed by atoms with van der Waals surface area (Å²) in [5.74, 6) is 0.721. The van der Waals surface area contributed by atoms with Crippen molar-refractivity contribution in [2.45, 2.75) is 145 Å². The molecule has 0 atom stereocenters. The summed E-state index contributed by atoms with van der Waals surface area (Å²) in [5.41, 5.74) is 3.68. The summed E-state index contributed by atoms with van der Waals surface area (Å²) < 4.78 is 5.29. The quantitative estimate of drug-likeness (QED) is 0.230. The molecule has 0 unspecified atom stereocenters. The molecule has 3 aliphatic rings. The number of aliphatic hydroxyl groups excluding tert-OH is 1. The summed E-state index contributed by atoms with van der Waals surface area (Å²) >= 11 is 24.8. The lowest BCUT2D eigenvalue weighted by atomic mass is 9.75. The first-order chi connectivity index (χ1) is 24.0. The standard InChI is InChI=1S/C21H29Cl2NO3.C19H23Cl2NO2.2CH4/c1-5-15-7-9-21(10-8-15,20(26)27-6-2)24-18(25)12-16-13(3)11-17(22)19(23)14(16)4;1-4-12-5-7-19(8-6-12)17(23)15(18(24)22-19)14-10(2)9-13(20)16(21)11(14)3;;/h11,15H,5-10,12H2,1-4H3,(H,24,25);9,12,23H,4-8H2,1-3H3,(H,22,24);2*1H4. The second-order valence-electron chi connectivity index (χ2n) is 14.6. The van der Waals surface area contributed by atoms with E-state index in [2.05, 4.69) is 24.5 Å². The molecule has 1 heterocycles. The second-order valence-corrected chi connectivity index (χ2v) is 16.1.